The maximum atomic E-state index is 8.39. The maximum absolute atomic E-state index is 8.39. The lowest BCUT2D eigenvalue weighted by Gasteiger charge is -1.86. The Bertz CT molecular complexity index is 291. The Morgan fingerprint density at radius 3 is 3.18 bits per heavy atom. The molecule has 1 fully saturated rings. The summed E-state index contributed by atoms with van der Waals surface area (Å²) in [5.41, 5.74) is 0.939. The standard InChI is InChI=1S/C8H9N3/c9-4-3-7-5-10-8(11-7)6-1-2-6/h5-6H,1-3H2,(H,10,11). The van der Waals surface area contributed by atoms with E-state index >= 15 is 0 Å². The number of hydrogen-bond donors (Lipinski definition) is 1. The molecule has 0 radical (unpaired) electrons. The highest BCUT2D eigenvalue weighted by Gasteiger charge is 2.26. The molecule has 3 nitrogen and oxygen atoms in total. The third kappa shape index (κ3) is 1.25. The molecule has 1 saturated carbocycles. The zero-order chi connectivity index (χ0) is 7.68. The summed E-state index contributed by atoms with van der Waals surface area (Å²) in [6.45, 7) is 0. The molecule has 2 rings (SSSR count). The summed E-state index contributed by atoms with van der Waals surface area (Å²) >= 11 is 0. The Hall–Kier alpha value is -1.30. The van der Waals surface area contributed by atoms with E-state index in [1.165, 1.54) is 12.8 Å². The van der Waals surface area contributed by atoms with E-state index in [1.54, 1.807) is 6.20 Å². The van der Waals surface area contributed by atoms with Crippen LogP contribution < -0.4 is 0 Å². The summed E-state index contributed by atoms with van der Waals surface area (Å²) in [7, 11) is 0. The summed E-state index contributed by atoms with van der Waals surface area (Å²) in [5, 5.41) is 8.39. The first kappa shape index (κ1) is 6.41. The van der Waals surface area contributed by atoms with Gasteiger partial charge in [-0.25, -0.2) is 4.98 Å². The molecule has 0 aliphatic heterocycles. The third-order valence-corrected chi connectivity index (χ3v) is 1.88. The lowest BCUT2D eigenvalue weighted by Crippen LogP contribution is -1.83. The molecule has 11 heavy (non-hydrogen) atoms. The van der Waals surface area contributed by atoms with E-state index in [4.69, 9.17) is 5.26 Å². The molecule has 0 spiro atoms. The van der Waals surface area contributed by atoms with Crippen molar-refractivity contribution in [2.24, 2.45) is 0 Å². The van der Waals surface area contributed by atoms with E-state index in [0.29, 0.717) is 12.3 Å². The van der Waals surface area contributed by atoms with Gasteiger partial charge in [0.05, 0.1) is 12.5 Å². The Morgan fingerprint density at radius 1 is 1.73 bits per heavy atom. The van der Waals surface area contributed by atoms with Crippen LogP contribution >= 0.6 is 0 Å². The summed E-state index contributed by atoms with van der Waals surface area (Å²) < 4.78 is 0. The highest BCUT2D eigenvalue weighted by atomic mass is 14.9. The number of nitriles is 1. The molecule has 3 heteroatoms. The number of aromatic nitrogens is 2. The largest absolute Gasteiger partial charge is 0.345 e. The summed E-state index contributed by atoms with van der Waals surface area (Å²) in [5.74, 6) is 1.72. The van der Waals surface area contributed by atoms with Crippen LogP contribution in [-0.4, -0.2) is 9.97 Å². The van der Waals surface area contributed by atoms with Gasteiger partial charge in [0.2, 0.25) is 0 Å². The first-order chi connectivity index (χ1) is 5.40. The van der Waals surface area contributed by atoms with Crippen molar-refractivity contribution in [3.63, 3.8) is 0 Å². The topological polar surface area (TPSA) is 52.5 Å². The van der Waals surface area contributed by atoms with Gasteiger partial charge in [-0.15, -0.1) is 0 Å². The first-order valence-corrected chi connectivity index (χ1v) is 3.81. The predicted octanol–water partition coefficient (Wildman–Crippen LogP) is 1.35. The number of rotatable bonds is 2. The Labute approximate surface area is 65.1 Å². The van der Waals surface area contributed by atoms with Crippen LogP contribution in [0.25, 0.3) is 0 Å². The molecular weight excluding hydrogens is 138 g/mol. The van der Waals surface area contributed by atoms with Crippen LogP contribution in [-0.2, 0) is 6.42 Å². The highest BCUT2D eigenvalue weighted by Crippen LogP contribution is 2.37. The van der Waals surface area contributed by atoms with E-state index < -0.39 is 0 Å². The van der Waals surface area contributed by atoms with Crippen molar-refractivity contribution in [1.82, 2.24) is 9.97 Å². The fraction of sp³-hybridized carbons (Fsp3) is 0.500. The van der Waals surface area contributed by atoms with Crippen LogP contribution in [0.2, 0.25) is 0 Å². The van der Waals surface area contributed by atoms with Crippen LogP contribution in [0.15, 0.2) is 6.20 Å². The molecule has 0 atom stereocenters. The molecule has 0 bridgehead atoms. The van der Waals surface area contributed by atoms with Crippen LogP contribution in [0.4, 0.5) is 0 Å². The smallest absolute Gasteiger partial charge is 0.109 e. The van der Waals surface area contributed by atoms with E-state index in [0.717, 1.165) is 11.5 Å². The Balaban J connectivity index is 2.13. The number of hydrogen-bond acceptors (Lipinski definition) is 2. The molecule has 0 amide bonds. The average molecular weight is 147 g/mol. The van der Waals surface area contributed by atoms with Gasteiger partial charge >= 0.3 is 0 Å². The van der Waals surface area contributed by atoms with E-state index in [2.05, 4.69) is 16.0 Å². The monoisotopic (exact) mass is 147 g/mol. The van der Waals surface area contributed by atoms with Gasteiger partial charge in [-0.2, -0.15) is 5.26 Å². The second kappa shape index (κ2) is 2.39. The van der Waals surface area contributed by atoms with Gasteiger partial charge in [0.1, 0.15) is 5.82 Å². The zero-order valence-electron chi connectivity index (χ0n) is 6.17. The number of aromatic amines is 1. The number of nitrogens with one attached hydrogen (secondary N) is 1. The normalized spacial score (nSPS) is 16.3. The van der Waals surface area contributed by atoms with E-state index in [-0.39, 0.29) is 0 Å². The molecule has 1 aliphatic rings. The Kier molecular flexibility index (Phi) is 1.39. The summed E-state index contributed by atoms with van der Waals surface area (Å²) in [6.07, 6.45) is 4.70. The molecule has 1 aliphatic carbocycles. The van der Waals surface area contributed by atoms with Gasteiger partial charge in [-0.05, 0) is 12.8 Å². The maximum Gasteiger partial charge on any atom is 0.109 e. The van der Waals surface area contributed by atoms with Gasteiger partial charge < -0.3 is 4.98 Å². The van der Waals surface area contributed by atoms with Gasteiger partial charge in [0.15, 0.2) is 0 Å². The van der Waals surface area contributed by atoms with Crippen LogP contribution in [0.1, 0.15) is 30.3 Å². The number of imidazole rings is 1. The molecule has 56 valence electrons. The zero-order valence-corrected chi connectivity index (χ0v) is 6.17. The van der Waals surface area contributed by atoms with Crippen molar-refractivity contribution in [3.05, 3.63) is 17.7 Å². The minimum atomic E-state index is 0.444. The quantitative estimate of drug-likeness (QED) is 0.686. The summed E-state index contributed by atoms with van der Waals surface area (Å²) in [4.78, 5) is 7.33. The molecular formula is C8H9N3. The van der Waals surface area contributed by atoms with Crippen molar-refractivity contribution in [3.8, 4) is 6.07 Å². The lowest BCUT2D eigenvalue weighted by atomic mass is 10.4. The van der Waals surface area contributed by atoms with Gasteiger partial charge in [0.25, 0.3) is 0 Å². The highest BCUT2D eigenvalue weighted by molar-refractivity contribution is 5.12. The molecule has 1 N–H and O–H groups in total. The Morgan fingerprint density at radius 2 is 2.55 bits per heavy atom. The van der Waals surface area contributed by atoms with E-state index in [1.807, 2.05) is 0 Å². The van der Waals surface area contributed by atoms with Crippen LogP contribution in [0.5, 0.6) is 0 Å². The fourth-order valence-corrected chi connectivity index (χ4v) is 1.12. The predicted molar refractivity (Wildman–Crippen MR) is 39.9 cm³/mol. The van der Waals surface area contributed by atoms with Gasteiger partial charge in [-0.1, -0.05) is 0 Å². The average Bonchev–Trinajstić information content (AvgIpc) is 2.75. The van der Waals surface area contributed by atoms with E-state index in [9.17, 15) is 0 Å². The molecule has 0 aromatic carbocycles. The van der Waals surface area contributed by atoms with Crippen LogP contribution in [0, 0.1) is 11.3 Å². The van der Waals surface area contributed by atoms with Crippen molar-refractivity contribution in [1.29, 1.82) is 5.26 Å². The second-order valence-electron chi connectivity index (χ2n) is 2.90. The number of H-pyrrole nitrogens is 1. The molecule has 0 unspecified atom stereocenters. The molecule has 0 saturated heterocycles. The molecule has 1 aromatic rings. The third-order valence-electron chi connectivity index (χ3n) is 1.88. The van der Waals surface area contributed by atoms with Gasteiger partial charge in [-0.3, -0.25) is 0 Å². The number of nitrogens with zero attached hydrogens (tertiary/aromatic N) is 2. The molecule has 1 heterocycles. The fourth-order valence-electron chi connectivity index (χ4n) is 1.12. The second-order valence-corrected chi connectivity index (χ2v) is 2.90. The molecule has 1 aromatic heterocycles. The van der Waals surface area contributed by atoms with Crippen molar-refractivity contribution in [2.75, 3.05) is 0 Å². The minimum absolute atomic E-state index is 0.444. The minimum Gasteiger partial charge on any atom is -0.345 e. The van der Waals surface area contributed by atoms with Crippen LogP contribution in [0.3, 0.4) is 0 Å². The van der Waals surface area contributed by atoms with Crippen molar-refractivity contribution in [2.45, 2.75) is 25.2 Å². The first-order valence-electron chi connectivity index (χ1n) is 3.81. The van der Waals surface area contributed by atoms with Crippen molar-refractivity contribution < 1.29 is 0 Å². The van der Waals surface area contributed by atoms with Gasteiger partial charge in [0, 0.05) is 17.8 Å². The van der Waals surface area contributed by atoms with Crippen molar-refractivity contribution >= 4 is 0 Å². The SMILES string of the molecule is N#CCc1cnc(C2CC2)[nH]1. The summed E-state index contributed by atoms with van der Waals surface area (Å²) in [6, 6.07) is 2.09. The lowest BCUT2D eigenvalue weighted by molar-refractivity contribution is 0.962.